The number of amides is 1. The van der Waals surface area contributed by atoms with Crippen molar-refractivity contribution in [2.45, 2.75) is 27.2 Å². The van der Waals surface area contributed by atoms with Gasteiger partial charge in [0.1, 0.15) is 0 Å². The Morgan fingerprint density at radius 3 is 2.47 bits per heavy atom. The number of hydrogen-bond donors (Lipinski definition) is 0. The van der Waals surface area contributed by atoms with Crippen molar-refractivity contribution in [3.05, 3.63) is 70.9 Å². The molecule has 7 heteroatoms. The van der Waals surface area contributed by atoms with E-state index in [-0.39, 0.29) is 5.91 Å². The lowest BCUT2D eigenvalue weighted by Crippen LogP contribution is -2.48. The minimum Gasteiger partial charge on any atom is -0.344 e. The van der Waals surface area contributed by atoms with Crippen molar-refractivity contribution in [3.63, 3.8) is 0 Å². The standard InChI is InChI=1S/C25H27N5OS/c1-4-19-8-10-20(11-9-19)24(31)28-12-14-29(15-13-28)25-26-23-22(32-25)18(3)27-30(23)21-7-5-6-17(2)16-21/h5-11,16H,4,12-15H2,1-3H3. The van der Waals surface area contributed by atoms with E-state index in [1.165, 1.54) is 11.1 Å². The van der Waals surface area contributed by atoms with E-state index in [4.69, 9.17) is 10.1 Å². The van der Waals surface area contributed by atoms with Gasteiger partial charge in [0.2, 0.25) is 0 Å². The lowest BCUT2D eigenvalue weighted by Gasteiger charge is -2.34. The van der Waals surface area contributed by atoms with Gasteiger partial charge in [0, 0.05) is 31.7 Å². The van der Waals surface area contributed by atoms with Crippen molar-refractivity contribution in [2.24, 2.45) is 0 Å². The van der Waals surface area contributed by atoms with Crippen molar-refractivity contribution >= 4 is 32.7 Å². The summed E-state index contributed by atoms with van der Waals surface area (Å²) in [5.74, 6) is 0.113. The summed E-state index contributed by atoms with van der Waals surface area (Å²) in [6.45, 7) is 9.22. The monoisotopic (exact) mass is 445 g/mol. The van der Waals surface area contributed by atoms with E-state index < -0.39 is 0 Å². The summed E-state index contributed by atoms with van der Waals surface area (Å²) < 4.78 is 3.06. The lowest BCUT2D eigenvalue weighted by atomic mass is 10.1. The molecule has 2 aromatic heterocycles. The normalized spacial score (nSPS) is 14.3. The molecule has 0 atom stereocenters. The number of carbonyl (C=O) groups excluding carboxylic acids is 1. The molecule has 6 nitrogen and oxygen atoms in total. The van der Waals surface area contributed by atoms with E-state index in [2.05, 4.69) is 36.9 Å². The number of aryl methyl sites for hydroxylation is 3. The molecule has 1 aliphatic rings. The van der Waals surface area contributed by atoms with Crippen molar-refractivity contribution in [2.75, 3.05) is 31.1 Å². The van der Waals surface area contributed by atoms with Crippen molar-refractivity contribution < 1.29 is 4.79 Å². The van der Waals surface area contributed by atoms with Gasteiger partial charge in [-0.3, -0.25) is 4.79 Å². The second-order valence-electron chi connectivity index (χ2n) is 8.32. The fourth-order valence-electron chi connectivity index (χ4n) is 4.16. The van der Waals surface area contributed by atoms with Crippen LogP contribution in [0.25, 0.3) is 16.0 Å². The topological polar surface area (TPSA) is 54.3 Å². The Morgan fingerprint density at radius 1 is 1.03 bits per heavy atom. The molecule has 4 aromatic rings. The van der Waals surface area contributed by atoms with E-state index in [1.807, 2.05) is 46.8 Å². The van der Waals surface area contributed by atoms with Gasteiger partial charge >= 0.3 is 0 Å². The Balaban J connectivity index is 1.33. The summed E-state index contributed by atoms with van der Waals surface area (Å²) in [5, 5.41) is 5.72. The second kappa shape index (κ2) is 8.39. The molecule has 3 heterocycles. The third-order valence-corrected chi connectivity index (χ3v) is 7.28. The molecule has 1 aliphatic heterocycles. The number of anilines is 1. The van der Waals surface area contributed by atoms with Crippen LogP contribution in [0.15, 0.2) is 48.5 Å². The Morgan fingerprint density at radius 2 is 1.78 bits per heavy atom. The maximum atomic E-state index is 12.9. The first-order valence-corrected chi connectivity index (χ1v) is 11.9. The molecule has 0 saturated carbocycles. The van der Waals surface area contributed by atoms with Gasteiger partial charge in [-0.25, -0.2) is 4.68 Å². The van der Waals surface area contributed by atoms with E-state index in [0.29, 0.717) is 13.1 Å². The van der Waals surface area contributed by atoms with Crippen LogP contribution >= 0.6 is 11.3 Å². The van der Waals surface area contributed by atoms with Gasteiger partial charge in [-0.1, -0.05) is 42.5 Å². The summed E-state index contributed by atoms with van der Waals surface area (Å²) in [6, 6.07) is 16.3. The van der Waals surface area contributed by atoms with Crippen LogP contribution in [-0.2, 0) is 6.42 Å². The lowest BCUT2D eigenvalue weighted by molar-refractivity contribution is 0.0747. The summed E-state index contributed by atoms with van der Waals surface area (Å²) in [7, 11) is 0. The molecule has 2 aromatic carbocycles. The molecule has 164 valence electrons. The third-order valence-electron chi connectivity index (χ3n) is 6.07. The minimum absolute atomic E-state index is 0.113. The highest BCUT2D eigenvalue weighted by atomic mass is 32.1. The molecular weight excluding hydrogens is 418 g/mol. The van der Waals surface area contributed by atoms with Crippen LogP contribution in [0.1, 0.15) is 34.1 Å². The maximum Gasteiger partial charge on any atom is 0.253 e. The Hall–Kier alpha value is -3.19. The minimum atomic E-state index is 0.113. The average Bonchev–Trinajstić information content (AvgIpc) is 3.39. The number of thiazole rings is 1. The molecule has 0 aliphatic carbocycles. The maximum absolute atomic E-state index is 12.9. The number of rotatable bonds is 4. The van der Waals surface area contributed by atoms with Crippen LogP contribution in [0.4, 0.5) is 5.13 Å². The van der Waals surface area contributed by atoms with E-state index in [1.54, 1.807) is 11.3 Å². The molecule has 0 spiro atoms. The molecule has 0 unspecified atom stereocenters. The van der Waals surface area contributed by atoms with Crippen LogP contribution in [-0.4, -0.2) is 51.8 Å². The zero-order chi connectivity index (χ0) is 22.2. The zero-order valence-electron chi connectivity index (χ0n) is 18.7. The first-order chi connectivity index (χ1) is 15.5. The summed E-state index contributed by atoms with van der Waals surface area (Å²) >= 11 is 1.69. The number of hydrogen-bond acceptors (Lipinski definition) is 5. The average molecular weight is 446 g/mol. The SMILES string of the molecule is CCc1ccc(C(=O)N2CCN(c3nc4c(s3)c(C)nn4-c3cccc(C)c3)CC2)cc1. The highest BCUT2D eigenvalue weighted by molar-refractivity contribution is 7.22. The predicted molar refractivity (Wildman–Crippen MR) is 130 cm³/mol. The van der Waals surface area contributed by atoms with Gasteiger partial charge in [-0.2, -0.15) is 10.1 Å². The van der Waals surface area contributed by atoms with Crippen molar-refractivity contribution in [1.29, 1.82) is 0 Å². The molecule has 32 heavy (non-hydrogen) atoms. The Kier molecular flexibility index (Phi) is 5.43. The number of nitrogens with zero attached hydrogens (tertiary/aromatic N) is 5. The van der Waals surface area contributed by atoms with Crippen LogP contribution in [0, 0.1) is 13.8 Å². The molecule has 0 N–H and O–H groups in total. The highest BCUT2D eigenvalue weighted by Gasteiger charge is 2.25. The molecule has 1 fully saturated rings. The zero-order valence-corrected chi connectivity index (χ0v) is 19.5. The fourth-order valence-corrected chi connectivity index (χ4v) is 5.20. The van der Waals surface area contributed by atoms with Gasteiger partial charge < -0.3 is 9.80 Å². The molecule has 5 rings (SSSR count). The molecule has 1 amide bonds. The molecule has 0 radical (unpaired) electrons. The smallest absolute Gasteiger partial charge is 0.253 e. The van der Waals surface area contributed by atoms with Crippen LogP contribution in [0.3, 0.4) is 0 Å². The quantitative estimate of drug-likeness (QED) is 0.460. The Bertz CT molecular complexity index is 1270. The number of benzene rings is 2. The van der Waals surface area contributed by atoms with Crippen molar-refractivity contribution in [3.8, 4) is 5.69 Å². The van der Waals surface area contributed by atoms with Gasteiger partial charge in [0.25, 0.3) is 5.91 Å². The summed E-state index contributed by atoms with van der Waals surface area (Å²) in [5.41, 5.74) is 6.15. The van der Waals surface area contributed by atoms with Crippen LogP contribution < -0.4 is 4.90 Å². The summed E-state index contributed by atoms with van der Waals surface area (Å²) in [6.07, 6.45) is 0.983. The number of fused-ring (bicyclic) bond motifs is 1. The van der Waals surface area contributed by atoms with Gasteiger partial charge in [0.15, 0.2) is 10.8 Å². The van der Waals surface area contributed by atoms with Crippen LogP contribution in [0.2, 0.25) is 0 Å². The van der Waals surface area contributed by atoms with E-state index in [0.717, 1.165) is 51.9 Å². The Labute approximate surface area is 192 Å². The fraction of sp³-hybridized carbons (Fsp3) is 0.320. The van der Waals surface area contributed by atoms with E-state index in [9.17, 15) is 4.79 Å². The second-order valence-corrected chi connectivity index (χ2v) is 9.29. The highest BCUT2D eigenvalue weighted by Crippen LogP contribution is 2.33. The van der Waals surface area contributed by atoms with E-state index >= 15 is 0 Å². The van der Waals surface area contributed by atoms with Crippen molar-refractivity contribution in [1.82, 2.24) is 19.7 Å². The molecule has 0 bridgehead atoms. The molecule has 1 saturated heterocycles. The van der Waals surface area contributed by atoms with Gasteiger partial charge in [-0.15, -0.1) is 0 Å². The first kappa shape index (κ1) is 20.7. The predicted octanol–water partition coefficient (Wildman–Crippen LogP) is 4.62. The number of aromatic nitrogens is 3. The number of piperazine rings is 1. The van der Waals surface area contributed by atoms with Crippen LogP contribution in [0.5, 0.6) is 0 Å². The number of carbonyl (C=O) groups is 1. The largest absolute Gasteiger partial charge is 0.344 e. The third kappa shape index (κ3) is 3.77. The first-order valence-electron chi connectivity index (χ1n) is 11.1. The molecular formula is C25H27N5OS. The summed E-state index contributed by atoms with van der Waals surface area (Å²) in [4.78, 5) is 22.1. The van der Waals surface area contributed by atoms with Gasteiger partial charge in [0.05, 0.1) is 16.1 Å². The van der Waals surface area contributed by atoms with Gasteiger partial charge in [-0.05, 0) is 55.7 Å².